The monoisotopic (exact) mass is 208 g/mol. The van der Waals surface area contributed by atoms with Gasteiger partial charge in [0.1, 0.15) is 0 Å². The molecular formula is C11H16N2O2. The SMILES string of the molecule is CN(Cc1ccoc1)C(=O)CC1CNC1. The highest BCUT2D eigenvalue weighted by molar-refractivity contribution is 5.76. The van der Waals surface area contributed by atoms with E-state index in [1.807, 2.05) is 13.1 Å². The number of rotatable bonds is 4. The third-order valence-corrected chi connectivity index (χ3v) is 2.75. The summed E-state index contributed by atoms with van der Waals surface area (Å²) < 4.78 is 4.96. The maximum Gasteiger partial charge on any atom is 0.222 e. The summed E-state index contributed by atoms with van der Waals surface area (Å²) in [6.07, 6.45) is 3.96. The summed E-state index contributed by atoms with van der Waals surface area (Å²) in [6.45, 7) is 2.59. The van der Waals surface area contributed by atoms with Gasteiger partial charge in [-0.3, -0.25) is 4.79 Å². The molecule has 1 aromatic rings. The standard InChI is InChI=1S/C11H16N2O2/c1-13(7-9-2-3-15-8-9)11(14)4-10-5-12-6-10/h2-3,8,10,12H,4-7H2,1H3. The molecule has 0 spiro atoms. The Morgan fingerprint density at radius 1 is 1.67 bits per heavy atom. The lowest BCUT2D eigenvalue weighted by atomic mass is 9.99. The van der Waals surface area contributed by atoms with E-state index in [0.717, 1.165) is 18.7 Å². The molecular weight excluding hydrogens is 192 g/mol. The molecule has 1 aliphatic rings. The smallest absolute Gasteiger partial charge is 0.222 e. The van der Waals surface area contributed by atoms with E-state index in [1.165, 1.54) is 0 Å². The molecule has 0 atom stereocenters. The third kappa shape index (κ3) is 2.59. The summed E-state index contributed by atoms with van der Waals surface area (Å²) in [4.78, 5) is 13.5. The number of hydrogen-bond donors (Lipinski definition) is 1. The topological polar surface area (TPSA) is 45.5 Å². The van der Waals surface area contributed by atoms with Crippen molar-refractivity contribution >= 4 is 5.91 Å². The Bertz CT molecular complexity index is 317. The highest BCUT2D eigenvalue weighted by Gasteiger charge is 2.21. The fourth-order valence-electron chi connectivity index (χ4n) is 1.64. The second-order valence-electron chi connectivity index (χ2n) is 4.11. The van der Waals surface area contributed by atoms with E-state index in [9.17, 15) is 4.79 Å². The number of hydrogen-bond acceptors (Lipinski definition) is 3. The van der Waals surface area contributed by atoms with Gasteiger partial charge in [-0.25, -0.2) is 0 Å². The van der Waals surface area contributed by atoms with E-state index in [1.54, 1.807) is 17.4 Å². The minimum absolute atomic E-state index is 0.211. The Balaban J connectivity index is 1.79. The molecule has 1 fully saturated rings. The first-order valence-electron chi connectivity index (χ1n) is 5.21. The molecule has 4 nitrogen and oxygen atoms in total. The van der Waals surface area contributed by atoms with Crippen LogP contribution in [-0.4, -0.2) is 30.9 Å². The fourth-order valence-corrected chi connectivity index (χ4v) is 1.64. The molecule has 1 amide bonds. The van der Waals surface area contributed by atoms with Gasteiger partial charge in [0.05, 0.1) is 12.5 Å². The molecule has 2 rings (SSSR count). The Kier molecular flexibility index (Phi) is 3.06. The molecule has 2 heterocycles. The summed E-state index contributed by atoms with van der Waals surface area (Å²) in [5, 5.41) is 3.17. The van der Waals surface area contributed by atoms with Crippen molar-refractivity contribution in [2.45, 2.75) is 13.0 Å². The van der Waals surface area contributed by atoms with E-state index >= 15 is 0 Å². The molecule has 0 saturated carbocycles. The molecule has 0 radical (unpaired) electrons. The number of carbonyl (C=O) groups excluding carboxylic acids is 1. The summed E-state index contributed by atoms with van der Waals surface area (Å²) in [6, 6.07) is 1.88. The van der Waals surface area contributed by atoms with Crippen molar-refractivity contribution in [2.75, 3.05) is 20.1 Å². The molecule has 0 unspecified atom stereocenters. The zero-order chi connectivity index (χ0) is 10.7. The van der Waals surface area contributed by atoms with Gasteiger partial charge in [-0.15, -0.1) is 0 Å². The van der Waals surface area contributed by atoms with Crippen molar-refractivity contribution in [1.82, 2.24) is 10.2 Å². The molecule has 1 aromatic heterocycles. The van der Waals surface area contributed by atoms with Gasteiger partial charge in [0.15, 0.2) is 0 Å². The quantitative estimate of drug-likeness (QED) is 0.797. The summed E-state index contributed by atoms with van der Waals surface area (Å²) in [7, 11) is 1.83. The van der Waals surface area contributed by atoms with Gasteiger partial charge in [-0.05, 0) is 25.1 Å². The van der Waals surface area contributed by atoms with Crippen molar-refractivity contribution in [3.05, 3.63) is 24.2 Å². The van der Waals surface area contributed by atoms with Crippen molar-refractivity contribution in [2.24, 2.45) is 5.92 Å². The molecule has 0 aliphatic carbocycles. The predicted molar refractivity (Wildman–Crippen MR) is 56.2 cm³/mol. The normalized spacial score (nSPS) is 16.1. The van der Waals surface area contributed by atoms with Gasteiger partial charge in [-0.2, -0.15) is 0 Å². The van der Waals surface area contributed by atoms with Crippen molar-refractivity contribution in [3.63, 3.8) is 0 Å². The van der Waals surface area contributed by atoms with Crippen LogP contribution in [0.15, 0.2) is 23.0 Å². The van der Waals surface area contributed by atoms with Crippen molar-refractivity contribution in [3.8, 4) is 0 Å². The summed E-state index contributed by atoms with van der Waals surface area (Å²) >= 11 is 0. The van der Waals surface area contributed by atoms with E-state index < -0.39 is 0 Å². The molecule has 1 aliphatic heterocycles. The lowest BCUT2D eigenvalue weighted by Gasteiger charge is -2.28. The summed E-state index contributed by atoms with van der Waals surface area (Å²) in [5.74, 6) is 0.743. The Morgan fingerprint density at radius 3 is 3.00 bits per heavy atom. The molecule has 0 aromatic carbocycles. The zero-order valence-corrected chi connectivity index (χ0v) is 8.90. The van der Waals surface area contributed by atoms with Crippen LogP contribution >= 0.6 is 0 Å². The van der Waals surface area contributed by atoms with E-state index in [4.69, 9.17) is 4.42 Å². The Labute approximate surface area is 89.2 Å². The van der Waals surface area contributed by atoms with Crippen molar-refractivity contribution in [1.29, 1.82) is 0 Å². The Hall–Kier alpha value is -1.29. The van der Waals surface area contributed by atoms with Crippen LogP contribution in [0, 0.1) is 5.92 Å². The largest absolute Gasteiger partial charge is 0.472 e. The maximum atomic E-state index is 11.7. The molecule has 15 heavy (non-hydrogen) atoms. The van der Waals surface area contributed by atoms with Gasteiger partial charge >= 0.3 is 0 Å². The first-order valence-corrected chi connectivity index (χ1v) is 5.21. The number of amides is 1. The van der Waals surface area contributed by atoms with Crippen LogP contribution in [0.1, 0.15) is 12.0 Å². The van der Waals surface area contributed by atoms with Crippen LogP contribution in [0.4, 0.5) is 0 Å². The zero-order valence-electron chi connectivity index (χ0n) is 8.90. The molecule has 4 heteroatoms. The van der Waals surface area contributed by atoms with Gasteiger partial charge in [0, 0.05) is 25.6 Å². The first kappa shape index (κ1) is 10.2. The van der Waals surface area contributed by atoms with Crippen molar-refractivity contribution < 1.29 is 9.21 Å². The number of furan rings is 1. The number of nitrogens with one attached hydrogen (secondary N) is 1. The van der Waals surface area contributed by atoms with Crippen LogP contribution in [0.2, 0.25) is 0 Å². The number of nitrogens with zero attached hydrogens (tertiary/aromatic N) is 1. The van der Waals surface area contributed by atoms with Gasteiger partial charge in [-0.1, -0.05) is 0 Å². The molecule has 1 saturated heterocycles. The third-order valence-electron chi connectivity index (χ3n) is 2.75. The first-order chi connectivity index (χ1) is 7.25. The lowest BCUT2D eigenvalue weighted by molar-refractivity contribution is -0.131. The van der Waals surface area contributed by atoms with Gasteiger partial charge in [0.2, 0.25) is 5.91 Å². The van der Waals surface area contributed by atoms with Gasteiger partial charge < -0.3 is 14.6 Å². The van der Waals surface area contributed by atoms with Gasteiger partial charge in [0.25, 0.3) is 0 Å². The Morgan fingerprint density at radius 2 is 2.47 bits per heavy atom. The fraction of sp³-hybridized carbons (Fsp3) is 0.545. The minimum Gasteiger partial charge on any atom is -0.472 e. The molecule has 1 N–H and O–H groups in total. The average molecular weight is 208 g/mol. The van der Waals surface area contributed by atoms with Crippen LogP contribution in [0.25, 0.3) is 0 Å². The summed E-state index contributed by atoms with van der Waals surface area (Å²) in [5.41, 5.74) is 1.04. The van der Waals surface area contributed by atoms with E-state index in [2.05, 4.69) is 5.32 Å². The highest BCUT2D eigenvalue weighted by Crippen LogP contribution is 2.11. The predicted octanol–water partition coefficient (Wildman–Crippen LogP) is 0.847. The molecule has 82 valence electrons. The minimum atomic E-state index is 0.211. The average Bonchev–Trinajstić information content (AvgIpc) is 2.63. The second-order valence-corrected chi connectivity index (χ2v) is 4.11. The van der Waals surface area contributed by atoms with E-state index in [-0.39, 0.29) is 5.91 Å². The molecule has 0 bridgehead atoms. The van der Waals surface area contributed by atoms with Crippen LogP contribution in [0.5, 0.6) is 0 Å². The highest BCUT2D eigenvalue weighted by atomic mass is 16.3. The lowest BCUT2D eigenvalue weighted by Crippen LogP contribution is -2.44. The van der Waals surface area contributed by atoms with E-state index in [0.29, 0.717) is 18.9 Å². The number of carbonyl (C=O) groups is 1. The van der Waals surface area contributed by atoms with Crippen LogP contribution < -0.4 is 5.32 Å². The van der Waals surface area contributed by atoms with Crippen LogP contribution in [0.3, 0.4) is 0 Å². The maximum absolute atomic E-state index is 11.7. The second kappa shape index (κ2) is 4.49. The van der Waals surface area contributed by atoms with Crippen LogP contribution in [-0.2, 0) is 11.3 Å².